The molecule has 31 heavy (non-hydrogen) atoms. The molecule has 0 radical (unpaired) electrons. The minimum absolute atomic E-state index is 0.117. The molecule has 0 bridgehead atoms. The van der Waals surface area contributed by atoms with E-state index in [0.29, 0.717) is 28.1 Å². The molecule has 1 aromatic heterocycles. The molecular weight excluding hydrogens is 549 g/mol. The third kappa shape index (κ3) is 6.20. The number of rotatable bonds is 8. The van der Waals surface area contributed by atoms with Crippen molar-refractivity contribution in [2.75, 3.05) is 11.1 Å². The van der Waals surface area contributed by atoms with Gasteiger partial charge in [0.25, 0.3) is 5.91 Å². The van der Waals surface area contributed by atoms with E-state index in [-0.39, 0.29) is 24.1 Å². The average molecular weight is 570 g/mol. The van der Waals surface area contributed by atoms with E-state index in [9.17, 15) is 9.59 Å². The zero-order valence-corrected chi connectivity index (χ0v) is 20.7. The molecule has 0 aliphatic heterocycles. The van der Waals surface area contributed by atoms with Crippen LogP contribution in [-0.2, 0) is 17.9 Å². The normalized spacial score (nSPS) is 10.7. The maximum absolute atomic E-state index is 12.4. The van der Waals surface area contributed by atoms with Crippen molar-refractivity contribution in [1.29, 1.82) is 0 Å². The zero-order chi connectivity index (χ0) is 22.4. The maximum atomic E-state index is 12.4. The lowest BCUT2D eigenvalue weighted by Crippen LogP contribution is -2.25. The number of aryl methyl sites for hydroxylation is 1. The number of thioether (sulfide) groups is 1. The van der Waals surface area contributed by atoms with E-state index in [0.717, 1.165) is 14.8 Å². The summed E-state index contributed by atoms with van der Waals surface area (Å²) in [6, 6.07) is 12.7. The highest BCUT2D eigenvalue weighted by Crippen LogP contribution is 2.21. The van der Waals surface area contributed by atoms with Crippen LogP contribution in [0.5, 0.6) is 0 Å². The van der Waals surface area contributed by atoms with Crippen LogP contribution in [0.2, 0.25) is 5.02 Å². The van der Waals surface area contributed by atoms with Crippen LogP contribution in [0.1, 0.15) is 28.7 Å². The van der Waals surface area contributed by atoms with Gasteiger partial charge in [-0.1, -0.05) is 35.5 Å². The highest BCUT2D eigenvalue weighted by Gasteiger charge is 2.16. The molecule has 0 saturated carbocycles. The van der Waals surface area contributed by atoms with Gasteiger partial charge in [0.05, 0.1) is 22.9 Å². The summed E-state index contributed by atoms with van der Waals surface area (Å²) in [6.07, 6.45) is 0. The molecule has 2 amide bonds. The van der Waals surface area contributed by atoms with Crippen molar-refractivity contribution in [3.8, 4) is 0 Å². The topological polar surface area (TPSA) is 88.9 Å². The van der Waals surface area contributed by atoms with Gasteiger partial charge < -0.3 is 15.2 Å². The van der Waals surface area contributed by atoms with Gasteiger partial charge >= 0.3 is 0 Å². The second kappa shape index (κ2) is 11.0. The lowest BCUT2D eigenvalue weighted by Gasteiger charge is -2.10. The molecule has 0 aliphatic rings. The fourth-order valence-corrected chi connectivity index (χ4v) is 4.55. The van der Waals surface area contributed by atoms with Gasteiger partial charge in [0.2, 0.25) is 5.91 Å². The van der Waals surface area contributed by atoms with Crippen LogP contribution in [0.25, 0.3) is 0 Å². The van der Waals surface area contributed by atoms with Crippen LogP contribution in [0.15, 0.2) is 47.6 Å². The molecule has 0 unspecified atom stereocenters. The van der Waals surface area contributed by atoms with Gasteiger partial charge in [-0.2, -0.15) is 0 Å². The molecule has 0 atom stereocenters. The number of anilines is 1. The summed E-state index contributed by atoms with van der Waals surface area (Å²) in [5, 5.41) is 15.1. The molecule has 1 heterocycles. The van der Waals surface area contributed by atoms with Gasteiger partial charge in [-0.25, -0.2) is 0 Å². The van der Waals surface area contributed by atoms with E-state index in [2.05, 4.69) is 43.4 Å². The molecule has 3 aromatic rings. The average Bonchev–Trinajstić information content (AvgIpc) is 3.14. The van der Waals surface area contributed by atoms with Gasteiger partial charge in [0.15, 0.2) is 11.0 Å². The second-order valence-electron chi connectivity index (χ2n) is 6.60. The van der Waals surface area contributed by atoms with Gasteiger partial charge in [0, 0.05) is 15.8 Å². The molecule has 0 saturated heterocycles. The Morgan fingerprint density at radius 1 is 1.19 bits per heavy atom. The molecule has 2 aromatic carbocycles. The zero-order valence-electron chi connectivity index (χ0n) is 17.0. The van der Waals surface area contributed by atoms with Crippen LogP contribution >= 0.6 is 46.0 Å². The molecule has 0 fully saturated rings. The van der Waals surface area contributed by atoms with Crippen LogP contribution in [0, 0.1) is 10.5 Å². The summed E-state index contributed by atoms with van der Waals surface area (Å²) < 4.78 is 2.99. The number of nitrogens with one attached hydrogen (secondary N) is 2. The number of carbonyl (C=O) groups excluding carboxylic acids is 2. The molecule has 0 aliphatic carbocycles. The Kier molecular flexibility index (Phi) is 8.33. The van der Waals surface area contributed by atoms with Crippen LogP contribution in [0.4, 0.5) is 5.69 Å². The predicted octanol–water partition coefficient (Wildman–Crippen LogP) is 4.53. The number of carbonyl (C=O) groups is 2. The maximum Gasteiger partial charge on any atom is 0.253 e. The molecule has 7 nitrogen and oxygen atoms in total. The van der Waals surface area contributed by atoms with E-state index in [1.54, 1.807) is 24.3 Å². The Balaban J connectivity index is 1.58. The van der Waals surface area contributed by atoms with Gasteiger partial charge in [-0.15, -0.1) is 10.2 Å². The smallest absolute Gasteiger partial charge is 0.253 e. The Morgan fingerprint density at radius 2 is 1.97 bits per heavy atom. The van der Waals surface area contributed by atoms with Crippen molar-refractivity contribution in [2.24, 2.45) is 0 Å². The third-order valence-electron chi connectivity index (χ3n) is 4.43. The Hall–Kier alpha value is -2.11. The third-order valence-corrected chi connectivity index (χ3v) is 6.40. The van der Waals surface area contributed by atoms with Crippen LogP contribution in [-0.4, -0.2) is 32.3 Å². The monoisotopic (exact) mass is 569 g/mol. The fourth-order valence-electron chi connectivity index (χ4n) is 2.86. The van der Waals surface area contributed by atoms with E-state index in [1.807, 2.05) is 36.6 Å². The number of hydrogen-bond donors (Lipinski definition) is 2. The number of halogens is 2. The number of hydrogen-bond acceptors (Lipinski definition) is 5. The molecular formula is C21H21ClIN5O2S. The number of amides is 2. The van der Waals surface area contributed by atoms with Crippen molar-refractivity contribution in [2.45, 2.75) is 32.1 Å². The highest BCUT2D eigenvalue weighted by atomic mass is 127. The minimum Gasteiger partial charge on any atom is -0.345 e. The molecule has 2 N–H and O–H groups in total. The van der Waals surface area contributed by atoms with Gasteiger partial charge in [-0.05, 0) is 72.3 Å². The predicted molar refractivity (Wildman–Crippen MR) is 132 cm³/mol. The first-order valence-corrected chi connectivity index (χ1v) is 12.0. The van der Waals surface area contributed by atoms with Crippen molar-refractivity contribution < 1.29 is 9.59 Å². The van der Waals surface area contributed by atoms with Crippen molar-refractivity contribution in [3.05, 3.63) is 68.0 Å². The number of benzene rings is 2. The number of nitrogens with zero attached hydrogens (tertiary/aromatic N) is 3. The summed E-state index contributed by atoms with van der Waals surface area (Å²) >= 11 is 9.62. The fraction of sp³-hybridized carbons (Fsp3) is 0.238. The van der Waals surface area contributed by atoms with E-state index in [1.165, 1.54) is 11.8 Å². The highest BCUT2D eigenvalue weighted by molar-refractivity contribution is 14.1. The van der Waals surface area contributed by atoms with Crippen LogP contribution < -0.4 is 10.6 Å². The molecule has 0 spiro atoms. The summed E-state index contributed by atoms with van der Waals surface area (Å²) in [7, 11) is 0. The molecule has 10 heteroatoms. The SMILES string of the molecule is CCn1c(CNC(=O)c2ccccc2Cl)nnc1SCC(=O)Nc1ccc(I)cc1C. The summed E-state index contributed by atoms with van der Waals surface area (Å²) in [6.45, 7) is 4.74. The van der Waals surface area contributed by atoms with Crippen molar-refractivity contribution in [3.63, 3.8) is 0 Å². The standard InChI is InChI=1S/C21H21ClIN5O2S/c1-3-28-18(11-24-20(30)15-6-4-5-7-16(15)22)26-27-21(28)31-12-19(29)25-17-9-8-14(23)10-13(17)2/h4-10H,3,11-12H2,1-2H3,(H,24,30)(H,25,29). The van der Waals surface area contributed by atoms with Crippen molar-refractivity contribution in [1.82, 2.24) is 20.1 Å². The second-order valence-corrected chi connectivity index (χ2v) is 9.20. The Labute approximate surface area is 203 Å². The van der Waals surface area contributed by atoms with E-state index in [4.69, 9.17) is 11.6 Å². The Bertz CT molecular complexity index is 1110. The summed E-state index contributed by atoms with van der Waals surface area (Å²) in [5.41, 5.74) is 2.22. The van der Waals surface area contributed by atoms with E-state index >= 15 is 0 Å². The van der Waals surface area contributed by atoms with Crippen molar-refractivity contribution >= 4 is 63.5 Å². The van der Waals surface area contributed by atoms with E-state index < -0.39 is 0 Å². The first-order chi connectivity index (χ1) is 14.9. The molecule has 162 valence electrons. The van der Waals surface area contributed by atoms with Crippen LogP contribution in [0.3, 0.4) is 0 Å². The largest absolute Gasteiger partial charge is 0.345 e. The van der Waals surface area contributed by atoms with Gasteiger partial charge in [-0.3, -0.25) is 9.59 Å². The summed E-state index contributed by atoms with van der Waals surface area (Å²) in [4.78, 5) is 24.7. The molecule has 3 rings (SSSR count). The first-order valence-electron chi connectivity index (χ1n) is 9.52. The quantitative estimate of drug-likeness (QED) is 0.308. The lowest BCUT2D eigenvalue weighted by atomic mass is 10.2. The first kappa shape index (κ1) is 23.6. The number of aromatic nitrogens is 3. The lowest BCUT2D eigenvalue weighted by molar-refractivity contribution is -0.113. The Morgan fingerprint density at radius 3 is 2.68 bits per heavy atom. The van der Waals surface area contributed by atoms with Gasteiger partial charge in [0.1, 0.15) is 0 Å². The summed E-state index contributed by atoms with van der Waals surface area (Å²) in [5.74, 6) is 0.417. The minimum atomic E-state index is -0.280.